The first-order valence-corrected chi connectivity index (χ1v) is 9.60. The van der Waals surface area contributed by atoms with Gasteiger partial charge in [-0.2, -0.15) is 0 Å². The Bertz CT molecular complexity index is 1080. The third kappa shape index (κ3) is 3.98. The third-order valence-electron chi connectivity index (χ3n) is 4.53. The molecule has 0 aliphatic heterocycles. The molecule has 0 radical (unpaired) electrons. The molecule has 2 heterocycles. The molecule has 0 bridgehead atoms. The molecule has 1 aliphatic rings. The van der Waals surface area contributed by atoms with E-state index in [1.807, 2.05) is 36.4 Å². The van der Waals surface area contributed by atoms with E-state index in [4.69, 9.17) is 23.2 Å². The Morgan fingerprint density at radius 1 is 1.29 bits per heavy atom. The summed E-state index contributed by atoms with van der Waals surface area (Å²) in [4.78, 5) is 11.8. The Kier molecular flexibility index (Phi) is 5.24. The number of fused-ring (bicyclic) bond motifs is 1. The topological polar surface area (TPSA) is 65.6 Å². The van der Waals surface area contributed by atoms with Crippen molar-refractivity contribution >= 4 is 46.0 Å². The molecule has 28 heavy (non-hydrogen) atoms. The molecule has 0 fully saturated rings. The van der Waals surface area contributed by atoms with Gasteiger partial charge in [-0.25, -0.2) is 14.4 Å². The summed E-state index contributed by atoms with van der Waals surface area (Å²) in [6.45, 7) is 2.27. The highest BCUT2D eigenvalue weighted by Crippen LogP contribution is 2.25. The van der Waals surface area contributed by atoms with Gasteiger partial charge in [-0.1, -0.05) is 29.8 Å². The second-order valence-electron chi connectivity index (χ2n) is 6.61. The molecule has 0 spiro atoms. The number of alkyl halides is 1. The van der Waals surface area contributed by atoms with Crippen LogP contribution in [0, 0.1) is 12.7 Å². The van der Waals surface area contributed by atoms with Gasteiger partial charge in [-0.05, 0) is 42.3 Å². The van der Waals surface area contributed by atoms with Crippen LogP contribution in [0.25, 0.3) is 11.0 Å². The second kappa shape index (κ2) is 7.81. The second-order valence-corrected chi connectivity index (χ2v) is 7.55. The minimum Gasteiger partial charge on any atom is -0.366 e. The van der Waals surface area contributed by atoms with Crippen LogP contribution in [-0.4, -0.2) is 26.4 Å². The lowest BCUT2D eigenvalue weighted by molar-refractivity contribution is 0.612. The zero-order valence-corrected chi connectivity index (χ0v) is 16.5. The van der Waals surface area contributed by atoms with Crippen LogP contribution in [0.1, 0.15) is 11.1 Å². The molecule has 2 aromatic heterocycles. The average Bonchev–Trinajstić information content (AvgIpc) is 3.07. The number of aryl methyl sites for hydroxylation is 1. The molecule has 2 atom stereocenters. The van der Waals surface area contributed by atoms with Gasteiger partial charge in [0.2, 0.25) is 5.95 Å². The number of imidazole rings is 1. The van der Waals surface area contributed by atoms with Crippen molar-refractivity contribution in [1.29, 1.82) is 0 Å². The molecule has 2 unspecified atom stereocenters. The molecular weight excluding hydrogens is 400 g/mol. The number of anilines is 2. The van der Waals surface area contributed by atoms with Crippen molar-refractivity contribution in [1.82, 2.24) is 15.0 Å². The molecule has 1 aromatic carbocycles. The SMILES string of the molecule is Cc1cc(NCc2ccc3nc(NC4C(Cl)=CC=CC4Cl)[nH]c3c2)ncc1F. The van der Waals surface area contributed by atoms with Crippen LogP contribution in [-0.2, 0) is 6.54 Å². The van der Waals surface area contributed by atoms with Gasteiger partial charge >= 0.3 is 0 Å². The highest BCUT2D eigenvalue weighted by atomic mass is 35.5. The van der Waals surface area contributed by atoms with E-state index >= 15 is 0 Å². The Balaban J connectivity index is 1.48. The van der Waals surface area contributed by atoms with Crippen molar-refractivity contribution in [2.75, 3.05) is 10.6 Å². The molecule has 3 aromatic rings. The van der Waals surface area contributed by atoms with E-state index < -0.39 is 0 Å². The summed E-state index contributed by atoms with van der Waals surface area (Å²) in [5.74, 6) is 0.923. The maximum absolute atomic E-state index is 13.3. The summed E-state index contributed by atoms with van der Waals surface area (Å²) in [6, 6.07) is 7.38. The summed E-state index contributed by atoms with van der Waals surface area (Å²) in [5.41, 5.74) is 3.32. The minimum atomic E-state index is -0.313. The molecule has 0 amide bonds. The number of pyridine rings is 1. The van der Waals surface area contributed by atoms with Gasteiger partial charge in [0.1, 0.15) is 11.6 Å². The summed E-state index contributed by atoms with van der Waals surface area (Å²) >= 11 is 12.6. The molecule has 8 heteroatoms. The number of hydrogen-bond donors (Lipinski definition) is 3. The third-order valence-corrected chi connectivity index (χ3v) is 5.28. The molecular formula is C20H18Cl2FN5. The Morgan fingerprint density at radius 3 is 2.93 bits per heavy atom. The van der Waals surface area contributed by atoms with Crippen molar-refractivity contribution in [3.05, 3.63) is 70.7 Å². The number of H-pyrrole nitrogens is 1. The Hall–Kier alpha value is -2.57. The van der Waals surface area contributed by atoms with Crippen LogP contribution in [0.3, 0.4) is 0 Å². The van der Waals surface area contributed by atoms with Crippen LogP contribution in [0.5, 0.6) is 0 Å². The Morgan fingerprint density at radius 2 is 2.14 bits per heavy atom. The maximum Gasteiger partial charge on any atom is 0.201 e. The fraction of sp³-hybridized carbons (Fsp3) is 0.200. The highest BCUT2D eigenvalue weighted by Gasteiger charge is 2.23. The van der Waals surface area contributed by atoms with Crippen LogP contribution in [0.4, 0.5) is 16.2 Å². The van der Waals surface area contributed by atoms with Gasteiger partial charge in [0.15, 0.2) is 0 Å². The van der Waals surface area contributed by atoms with E-state index in [2.05, 4.69) is 25.6 Å². The van der Waals surface area contributed by atoms with E-state index in [0.717, 1.165) is 16.6 Å². The van der Waals surface area contributed by atoms with Crippen LogP contribution in [0.15, 0.2) is 53.7 Å². The van der Waals surface area contributed by atoms with Gasteiger partial charge in [-0.3, -0.25) is 0 Å². The lowest BCUT2D eigenvalue weighted by Crippen LogP contribution is -2.31. The zero-order valence-electron chi connectivity index (χ0n) is 15.0. The summed E-state index contributed by atoms with van der Waals surface area (Å²) in [6.07, 6.45) is 6.75. The number of halogens is 3. The molecule has 0 saturated heterocycles. The standard InChI is InChI=1S/C20H18Cl2FN5/c1-11-7-18(25-10-15(11)23)24-9-12-5-6-16-17(8-12)27-20(26-16)28-19-13(21)3-2-4-14(19)22/h2-8,10,13,19H,9H2,1H3,(H,24,25)(H2,26,27,28). The average molecular weight is 418 g/mol. The first-order valence-electron chi connectivity index (χ1n) is 8.79. The molecule has 1 aliphatic carbocycles. The molecule has 5 nitrogen and oxygen atoms in total. The smallest absolute Gasteiger partial charge is 0.201 e. The van der Waals surface area contributed by atoms with Crippen molar-refractivity contribution in [2.45, 2.75) is 24.9 Å². The fourth-order valence-electron chi connectivity index (χ4n) is 2.98. The van der Waals surface area contributed by atoms with E-state index in [1.54, 1.807) is 13.0 Å². The van der Waals surface area contributed by atoms with Gasteiger partial charge in [-0.15, -0.1) is 11.6 Å². The first kappa shape index (κ1) is 18.8. The predicted octanol–water partition coefficient (Wildman–Crippen LogP) is 5.10. The van der Waals surface area contributed by atoms with E-state index in [9.17, 15) is 4.39 Å². The summed E-state index contributed by atoms with van der Waals surface area (Å²) in [5, 5.41) is 6.83. The van der Waals surface area contributed by atoms with Crippen molar-refractivity contribution in [3.8, 4) is 0 Å². The number of hydrogen-bond acceptors (Lipinski definition) is 4. The van der Waals surface area contributed by atoms with Crippen molar-refractivity contribution in [2.24, 2.45) is 0 Å². The van der Waals surface area contributed by atoms with E-state index in [1.165, 1.54) is 6.20 Å². The lowest BCUT2D eigenvalue weighted by Gasteiger charge is -2.22. The number of allylic oxidation sites excluding steroid dienone is 2. The molecule has 0 saturated carbocycles. The van der Waals surface area contributed by atoms with Crippen molar-refractivity contribution < 1.29 is 4.39 Å². The zero-order chi connectivity index (χ0) is 19.7. The molecule has 4 rings (SSSR count). The number of nitrogens with one attached hydrogen (secondary N) is 3. The van der Waals surface area contributed by atoms with E-state index in [0.29, 0.717) is 28.9 Å². The van der Waals surface area contributed by atoms with Crippen LogP contribution in [0.2, 0.25) is 0 Å². The largest absolute Gasteiger partial charge is 0.366 e. The minimum absolute atomic E-state index is 0.233. The molecule has 144 valence electrons. The van der Waals surface area contributed by atoms with Gasteiger partial charge < -0.3 is 15.6 Å². The fourth-order valence-corrected chi connectivity index (χ4v) is 3.59. The van der Waals surface area contributed by atoms with Crippen LogP contribution < -0.4 is 10.6 Å². The van der Waals surface area contributed by atoms with Crippen molar-refractivity contribution in [3.63, 3.8) is 0 Å². The predicted molar refractivity (Wildman–Crippen MR) is 112 cm³/mol. The lowest BCUT2D eigenvalue weighted by atomic mass is 10.1. The number of aromatic amines is 1. The Labute approximate surface area is 171 Å². The van der Waals surface area contributed by atoms with Crippen LogP contribution >= 0.6 is 23.2 Å². The van der Waals surface area contributed by atoms with E-state index in [-0.39, 0.29) is 17.2 Å². The number of benzene rings is 1. The summed E-state index contributed by atoms with van der Waals surface area (Å²) < 4.78 is 13.3. The first-order chi connectivity index (χ1) is 13.5. The normalized spacial score (nSPS) is 18.9. The number of nitrogens with zero attached hydrogens (tertiary/aromatic N) is 2. The van der Waals surface area contributed by atoms with Gasteiger partial charge in [0, 0.05) is 11.6 Å². The number of rotatable bonds is 5. The van der Waals surface area contributed by atoms with Gasteiger partial charge in [0.25, 0.3) is 0 Å². The monoisotopic (exact) mass is 417 g/mol. The highest BCUT2D eigenvalue weighted by molar-refractivity contribution is 6.32. The molecule has 3 N–H and O–H groups in total. The summed E-state index contributed by atoms with van der Waals surface area (Å²) in [7, 11) is 0. The van der Waals surface area contributed by atoms with Gasteiger partial charge in [0.05, 0.1) is 28.6 Å². The maximum atomic E-state index is 13.3. The quantitative estimate of drug-likeness (QED) is 0.505. The number of aromatic nitrogens is 3.